The van der Waals surface area contributed by atoms with E-state index < -0.39 is 0 Å². The predicted octanol–water partition coefficient (Wildman–Crippen LogP) is 4.81. The highest BCUT2D eigenvalue weighted by Gasteiger charge is 2.11. The van der Waals surface area contributed by atoms with E-state index >= 15 is 0 Å². The lowest BCUT2D eigenvalue weighted by atomic mass is 10.2. The Hall–Kier alpha value is -3.84. The summed E-state index contributed by atoms with van der Waals surface area (Å²) in [6, 6.07) is 20.2. The van der Waals surface area contributed by atoms with Gasteiger partial charge < -0.3 is 0 Å². The Bertz CT molecular complexity index is 1490. The summed E-state index contributed by atoms with van der Waals surface area (Å²) >= 11 is 1.46. The van der Waals surface area contributed by atoms with Gasteiger partial charge in [0.1, 0.15) is 6.33 Å². The molecule has 0 aliphatic heterocycles. The number of aromatic nitrogens is 3. The number of thiazole rings is 1. The number of hydrogen-bond acceptors (Lipinski definition) is 5. The van der Waals surface area contributed by atoms with E-state index in [4.69, 9.17) is 0 Å². The number of rotatable bonds is 4. The number of carbonyl (C=O) groups is 1. The van der Waals surface area contributed by atoms with E-state index in [0.29, 0.717) is 27.3 Å². The largest absolute Gasteiger partial charge is 0.298 e. The Morgan fingerprint density at radius 2 is 1.84 bits per heavy atom. The van der Waals surface area contributed by atoms with Crippen molar-refractivity contribution in [2.24, 2.45) is 0 Å². The van der Waals surface area contributed by atoms with Gasteiger partial charge in [-0.25, -0.2) is 9.97 Å². The molecule has 0 spiro atoms. The van der Waals surface area contributed by atoms with E-state index in [9.17, 15) is 9.59 Å². The van der Waals surface area contributed by atoms with Crippen LogP contribution in [0.1, 0.15) is 22.8 Å². The van der Waals surface area contributed by atoms with E-state index in [1.54, 1.807) is 36.4 Å². The van der Waals surface area contributed by atoms with Crippen molar-refractivity contribution in [3.8, 4) is 5.69 Å². The van der Waals surface area contributed by atoms with E-state index in [-0.39, 0.29) is 11.5 Å². The predicted molar refractivity (Wildman–Crippen MR) is 124 cm³/mol. The highest BCUT2D eigenvalue weighted by molar-refractivity contribution is 7.22. The fourth-order valence-electron chi connectivity index (χ4n) is 3.44. The Morgan fingerprint density at radius 3 is 2.65 bits per heavy atom. The van der Waals surface area contributed by atoms with Gasteiger partial charge in [0.05, 0.1) is 26.8 Å². The zero-order chi connectivity index (χ0) is 21.4. The fourth-order valence-corrected chi connectivity index (χ4v) is 4.36. The van der Waals surface area contributed by atoms with Crippen molar-refractivity contribution in [2.75, 3.05) is 5.32 Å². The molecule has 0 radical (unpaired) electrons. The molecule has 0 saturated carbocycles. The molecule has 0 aliphatic rings. The number of amides is 1. The summed E-state index contributed by atoms with van der Waals surface area (Å²) in [6.45, 7) is 2.11. The summed E-state index contributed by atoms with van der Waals surface area (Å²) < 4.78 is 2.52. The first-order valence-electron chi connectivity index (χ1n) is 9.90. The number of fused-ring (bicyclic) bond motifs is 2. The molecule has 0 fully saturated rings. The molecule has 3 aromatic carbocycles. The van der Waals surface area contributed by atoms with Crippen molar-refractivity contribution in [2.45, 2.75) is 13.3 Å². The number of anilines is 1. The van der Waals surface area contributed by atoms with Crippen LogP contribution in [0.2, 0.25) is 0 Å². The van der Waals surface area contributed by atoms with E-state index in [1.807, 2.05) is 18.2 Å². The third-order valence-electron chi connectivity index (χ3n) is 5.15. The van der Waals surface area contributed by atoms with Crippen LogP contribution < -0.4 is 10.9 Å². The molecular formula is C24H18N4O2S. The molecule has 0 saturated heterocycles. The average molecular weight is 427 g/mol. The molecule has 5 rings (SSSR count). The van der Waals surface area contributed by atoms with Gasteiger partial charge in [-0.2, -0.15) is 0 Å². The molecule has 5 aromatic rings. The van der Waals surface area contributed by atoms with Crippen LogP contribution in [0.4, 0.5) is 5.13 Å². The van der Waals surface area contributed by atoms with Crippen LogP contribution in [0.5, 0.6) is 0 Å². The number of para-hydroxylation sites is 1. The summed E-state index contributed by atoms with van der Waals surface area (Å²) in [6.07, 6.45) is 2.46. The molecule has 152 valence electrons. The molecule has 2 aromatic heterocycles. The molecule has 0 unspecified atom stereocenters. The number of nitrogens with zero attached hydrogens (tertiary/aromatic N) is 3. The minimum absolute atomic E-state index is 0.149. The van der Waals surface area contributed by atoms with Gasteiger partial charge in [0.25, 0.3) is 11.5 Å². The van der Waals surface area contributed by atoms with Gasteiger partial charge in [-0.1, -0.05) is 36.5 Å². The topological polar surface area (TPSA) is 76.9 Å². The summed E-state index contributed by atoms with van der Waals surface area (Å²) in [4.78, 5) is 34.3. The summed E-state index contributed by atoms with van der Waals surface area (Å²) in [5.41, 5.74) is 3.75. The molecular weight excluding hydrogens is 408 g/mol. The SMILES string of the molecule is CCc1ccc2nc(NC(=O)c3ccc(-n4cnc5ccccc5c4=O)cc3)sc2c1. The van der Waals surface area contributed by atoms with Gasteiger partial charge in [-0.15, -0.1) is 0 Å². The first-order valence-corrected chi connectivity index (χ1v) is 10.7. The van der Waals surface area contributed by atoms with Crippen LogP contribution in [-0.2, 0) is 6.42 Å². The highest BCUT2D eigenvalue weighted by Crippen LogP contribution is 2.27. The maximum atomic E-state index is 12.8. The Kier molecular flexibility index (Phi) is 4.80. The minimum atomic E-state index is -0.245. The lowest BCUT2D eigenvalue weighted by Crippen LogP contribution is -2.19. The third-order valence-corrected chi connectivity index (χ3v) is 6.09. The molecule has 0 aliphatic carbocycles. The molecule has 1 amide bonds. The Labute approximate surface area is 181 Å². The normalized spacial score (nSPS) is 11.1. The maximum absolute atomic E-state index is 12.8. The molecule has 6 nitrogen and oxygen atoms in total. The smallest absolute Gasteiger partial charge is 0.265 e. The highest BCUT2D eigenvalue weighted by atomic mass is 32.1. The van der Waals surface area contributed by atoms with Crippen LogP contribution in [0.25, 0.3) is 26.8 Å². The van der Waals surface area contributed by atoms with Gasteiger partial charge in [-0.05, 0) is 60.5 Å². The molecule has 7 heteroatoms. The Morgan fingerprint density at radius 1 is 1.03 bits per heavy atom. The second-order valence-electron chi connectivity index (χ2n) is 7.11. The second-order valence-corrected chi connectivity index (χ2v) is 8.14. The summed E-state index contributed by atoms with van der Waals surface area (Å²) in [5, 5.41) is 3.98. The second kappa shape index (κ2) is 7.77. The quantitative estimate of drug-likeness (QED) is 0.447. The monoisotopic (exact) mass is 426 g/mol. The van der Waals surface area contributed by atoms with Crippen LogP contribution in [0.15, 0.2) is 77.9 Å². The fraction of sp³-hybridized carbons (Fsp3) is 0.0833. The lowest BCUT2D eigenvalue weighted by Gasteiger charge is -2.08. The first kappa shape index (κ1) is 19.1. The van der Waals surface area contributed by atoms with E-state index in [1.165, 1.54) is 27.8 Å². The molecule has 31 heavy (non-hydrogen) atoms. The van der Waals surface area contributed by atoms with Crippen LogP contribution in [0, 0.1) is 0 Å². The standard InChI is InChI=1S/C24H18N4O2S/c1-2-15-7-12-20-21(13-15)31-24(26-20)27-22(29)16-8-10-17(11-9-16)28-14-25-19-6-4-3-5-18(19)23(28)30/h3-14H,2H2,1H3,(H,26,27,29). The number of hydrogen-bond donors (Lipinski definition) is 1. The zero-order valence-corrected chi connectivity index (χ0v) is 17.5. The van der Waals surface area contributed by atoms with Crippen LogP contribution in [0.3, 0.4) is 0 Å². The van der Waals surface area contributed by atoms with Crippen molar-refractivity contribution in [3.05, 3.63) is 94.5 Å². The number of nitrogens with one attached hydrogen (secondary N) is 1. The third kappa shape index (κ3) is 3.60. The van der Waals surface area contributed by atoms with Crippen molar-refractivity contribution in [3.63, 3.8) is 0 Å². The van der Waals surface area contributed by atoms with Crippen molar-refractivity contribution in [1.82, 2.24) is 14.5 Å². The number of benzene rings is 3. The van der Waals surface area contributed by atoms with Gasteiger partial charge in [0, 0.05) is 5.56 Å². The van der Waals surface area contributed by atoms with E-state index in [0.717, 1.165) is 16.6 Å². The van der Waals surface area contributed by atoms with Crippen molar-refractivity contribution in [1.29, 1.82) is 0 Å². The van der Waals surface area contributed by atoms with Crippen molar-refractivity contribution < 1.29 is 4.79 Å². The lowest BCUT2D eigenvalue weighted by molar-refractivity contribution is 0.102. The maximum Gasteiger partial charge on any atom is 0.265 e. The van der Waals surface area contributed by atoms with Gasteiger partial charge in [0.2, 0.25) is 0 Å². The van der Waals surface area contributed by atoms with Gasteiger partial charge in [0.15, 0.2) is 5.13 Å². The first-order chi connectivity index (χ1) is 15.1. The molecule has 2 heterocycles. The van der Waals surface area contributed by atoms with E-state index in [2.05, 4.69) is 34.3 Å². The zero-order valence-electron chi connectivity index (χ0n) is 16.7. The minimum Gasteiger partial charge on any atom is -0.298 e. The molecule has 0 atom stereocenters. The average Bonchev–Trinajstić information content (AvgIpc) is 3.21. The number of aryl methyl sites for hydroxylation is 1. The van der Waals surface area contributed by atoms with Gasteiger partial charge in [-0.3, -0.25) is 19.5 Å². The number of carbonyl (C=O) groups excluding carboxylic acids is 1. The van der Waals surface area contributed by atoms with Crippen molar-refractivity contribution >= 4 is 43.5 Å². The van der Waals surface area contributed by atoms with Crippen LogP contribution >= 0.6 is 11.3 Å². The molecule has 0 bridgehead atoms. The summed E-state index contributed by atoms with van der Waals surface area (Å²) in [5.74, 6) is -0.245. The Balaban J connectivity index is 1.39. The van der Waals surface area contributed by atoms with Gasteiger partial charge >= 0.3 is 0 Å². The summed E-state index contributed by atoms with van der Waals surface area (Å²) in [7, 11) is 0. The van der Waals surface area contributed by atoms with Crippen LogP contribution in [-0.4, -0.2) is 20.4 Å². The molecule has 1 N–H and O–H groups in total.